The number of aliphatic hydroxyl groups is 1. The predicted octanol–water partition coefficient (Wildman–Crippen LogP) is 2.47. The smallest absolute Gasteiger partial charge is 0.336 e. The Labute approximate surface area is 242 Å². The Balaban J connectivity index is 1.48. The van der Waals surface area contributed by atoms with E-state index in [0.29, 0.717) is 10.9 Å². The number of hydrogen-bond acceptors (Lipinski definition) is 11. The zero-order chi connectivity index (χ0) is 30.7. The van der Waals surface area contributed by atoms with Crippen LogP contribution in [0, 0.1) is 0 Å². The van der Waals surface area contributed by atoms with Crippen LogP contribution in [0.1, 0.15) is 61.8 Å². The maximum atomic E-state index is 14.1. The molecule has 43 heavy (non-hydrogen) atoms. The number of ketones is 2. The first-order valence-corrected chi connectivity index (χ1v) is 13.2. The van der Waals surface area contributed by atoms with Crippen LogP contribution >= 0.6 is 0 Å². The average molecular weight is 586 g/mol. The minimum atomic E-state index is -1.71. The number of amides is 1. The van der Waals surface area contributed by atoms with Gasteiger partial charge in [0.2, 0.25) is 17.0 Å². The van der Waals surface area contributed by atoms with E-state index in [4.69, 9.17) is 18.6 Å². The zero-order valence-corrected chi connectivity index (χ0v) is 23.3. The number of methoxy groups -OCH3 is 2. The molecule has 1 aliphatic carbocycles. The average Bonchev–Trinajstić information content (AvgIpc) is 3.18. The molecule has 218 valence electrons. The number of rotatable bonds is 3. The third-order valence-electron chi connectivity index (χ3n) is 8.63. The molecule has 3 aliphatic rings. The fraction of sp³-hybridized carbons (Fsp3) is 0.258. The van der Waals surface area contributed by atoms with Crippen LogP contribution in [0.5, 0.6) is 17.2 Å². The van der Waals surface area contributed by atoms with Crippen molar-refractivity contribution in [2.75, 3.05) is 20.8 Å². The molecule has 0 saturated carbocycles. The van der Waals surface area contributed by atoms with Crippen LogP contribution in [-0.4, -0.2) is 70.6 Å². The van der Waals surface area contributed by atoms with Crippen LogP contribution in [-0.2, 0) is 16.0 Å². The number of phenols is 1. The molecule has 3 aromatic carbocycles. The molecule has 1 fully saturated rings. The van der Waals surface area contributed by atoms with E-state index in [2.05, 4.69) is 0 Å². The first-order valence-electron chi connectivity index (χ1n) is 13.2. The molecule has 12 heteroatoms. The molecule has 2 N–H and O–H groups in total. The largest absolute Gasteiger partial charge is 0.506 e. The Bertz CT molecular complexity index is 2090. The number of hydrogen-bond donors (Lipinski definition) is 2. The minimum Gasteiger partial charge on any atom is -0.506 e. The molecule has 1 aromatic heterocycles. The minimum absolute atomic E-state index is 0.00617. The lowest BCUT2D eigenvalue weighted by Gasteiger charge is -2.42. The van der Waals surface area contributed by atoms with Gasteiger partial charge in [-0.25, -0.2) is 4.79 Å². The van der Waals surface area contributed by atoms with Gasteiger partial charge in [-0.1, -0.05) is 6.07 Å². The van der Waals surface area contributed by atoms with Gasteiger partial charge in [-0.2, -0.15) is 0 Å². The van der Waals surface area contributed by atoms with Gasteiger partial charge in [0, 0.05) is 29.0 Å². The van der Waals surface area contributed by atoms with Gasteiger partial charge in [-0.3, -0.25) is 24.1 Å². The Hall–Kier alpha value is -5.23. The lowest BCUT2D eigenvalue weighted by atomic mass is 9.80. The third-order valence-corrected chi connectivity index (χ3v) is 8.63. The van der Waals surface area contributed by atoms with Crippen LogP contribution in [0.4, 0.5) is 0 Å². The normalized spacial score (nSPS) is 22.3. The number of carbonyl (C=O) groups is 4. The number of fused-ring (bicyclic) bond motifs is 7. The summed E-state index contributed by atoms with van der Waals surface area (Å²) < 4.78 is 21.9. The number of aromatic hydroxyl groups is 1. The van der Waals surface area contributed by atoms with Crippen molar-refractivity contribution in [1.29, 1.82) is 0 Å². The van der Waals surface area contributed by atoms with Crippen molar-refractivity contribution in [3.63, 3.8) is 0 Å². The van der Waals surface area contributed by atoms with E-state index >= 15 is 0 Å². The summed E-state index contributed by atoms with van der Waals surface area (Å²) in [4.78, 5) is 69.2. The van der Waals surface area contributed by atoms with Gasteiger partial charge in [0.05, 0.1) is 31.8 Å². The molecule has 2 aliphatic heterocycles. The summed E-state index contributed by atoms with van der Waals surface area (Å²) >= 11 is 0. The van der Waals surface area contributed by atoms with E-state index in [1.807, 2.05) is 0 Å². The molecule has 2 atom stereocenters. The highest BCUT2D eigenvalue weighted by Crippen LogP contribution is 2.48. The second-order valence-corrected chi connectivity index (χ2v) is 11.2. The molecular weight excluding hydrogens is 562 g/mol. The lowest BCUT2D eigenvalue weighted by Crippen LogP contribution is -2.60. The molecule has 4 aromatic rings. The summed E-state index contributed by atoms with van der Waals surface area (Å²) in [5.41, 5.74) is -4.70. The van der Waals surface area contributed by atoms with E-state index in [1.54, 1.807) is 6.07 Å². The summed E-state index contributed by atoms with van der Waals surface area (Å²) in [7, 11) is 2.77. The Morgan fingerprint density at radius 2 is 1.63 bits per heavy atom. The van der Waals surface area contributed by atoms with Gasteiger partial charge in [0.1, 0.15) is 16.9 Å². The predicted molar refractivity (Wildman–Crippen MR) is 148 cm³/mol. The molecule has 7 rings (SSSR count). The number of benzene rings is 3. The summed E-state index contributed by atoms with van der Waals surface area (Å²) in [6.45, 7) is 2.17. The van der Waals surface area contributed by atoms with Crippen molar-refractivity contribution >= 4 is 45.2 Å². The number of esters is 1. The van der Waals surface area contributed by atoms with Crippen LogP contribution in [0.2, 0.25) is 0 Å². The highest BCUT2D eigenvalue weighted by molar-refractivity contribution is 6.32. The topological polar surface area (TPSA) is 170 Å². The quantitative estimate of drug-likeness (QED) is 0.298. The van der Waals surface area contributed by atoms with Crippen molar-refractivity contribution in [3.8, 4) is 17.2 Å². The van der Waals surface area contributed by atoms with Crippen molar-refractivity contribution < 1.29 is 48.0 Å². The van der Waals surface area contributed by atoms with Crippen LogP contribution < -0.4 is 14.9 Å². The lowest BCUT2D eigenvalue weighted by molar-refractivity contribution is -0.151. The SMILES string of the molecule is COc1cc2oc3c(c(=O)c2cc1OC)C(=O)c1c(ccc2cc4c(c(O)c12)C(=O)N1[C@](C)(C4)OC(=O)[C@@]1(C)CO)C3=O. The fourth-order valence-corrected chi connectivity index (χ4v) is 6.59. The standard InChI is InChI=1S/C31H23NO11/c1-30(11-33)29(39)43-31(2)10-13-7-12-5-6-14-21(19(12)25(36)20(13)28(38)32(30)31)26(37)22-23(34)15-8-17(40-3)18(41-4)9-16(15)42-27(22)24(14)35/h5-9,33,36H,10-11H2,1-4H3/t30-,31+/m1/s1. The van der Waals surface area contributed by atoms with Gasteiger partial charge in [-0.15, -0.1) is 0 Å². The van der Waals surface area contributed by atoms with Crippen LogP contribution in [0.25, 0.3) is 21.7 Å². The third kappa shape index (κ3) is 3.15. The van der Waals surface area contributed by atoms with E-state index < -0.39 is 63.8 Å². The fourth-order valence-electron chi connectivity index (χ4n) is 6.59. The number of carbonyl (C=O) groups excluding carboxylic acids is 4. The molecule has 0 unspecified atom stereocenters. The van der Waals surface area contributed by atoms with E-state index in [9.17, 15) is 34.2 Å². The van der Waals surface area contributed by atoms with Gasteiger partial charge < -0.3 is 28.8 Å². The number of nitrogens with zero attached hydrogens (tertiary/aromatic N) is 1. The molecule has 0 bridgehead atoms. The maximum absolute atomic E-state index is 14.1. The van der Waals surface area contributed by atoms with Crippen molar-refractivity contribution in [2.45, 2.75) is 31.5 Å². The maximum Gasteiger partial charge on any atom is 0.336 e. The van der Waals surface area contributed by atoms with Crippen molar-refractivity contribution in [3.05, 3.63) is 74.1 Å². The Morgan fingerprint density at radius 1 is 0.930 bits per heavy atom. The summed E-state index contributed by atoms with van der Waals surface area (Å²) in [6, 6.07) is 7.20. The molecule has 1 amide bonds. The van der Waals surface area contributed by atoms with Gasteiger partial charge in [0.15, 0.2) is 28.5 Å². The molecule has 1 saturated heterocycles. The highest BCUT2D eigenvalue weighted by Gasteiger charge is 2.63. The summed E-state index contributed by atoms with van der Waals surface area (Å²) in [5, 5.41) is 21.8. The number of aliphatic hydroxyl groups excluding tert-OH is 1. The van der Waals surface area contributed by atoms with E-state index in [-0.39, 0.29) is 51.0 Å². The van der Waals surface area contributed by atoms with Gasteiger partial charge in [-0.05, 0) is 43.0 Å². The second kappa shape index (κ2) is 8.42. The van der Waals surface area contributed by atoms with E-state index in [1.165, 1.54) is 52.3 Å². The van der Waals surface area contributed by atoms with E-state index in [0.717, 1.165) is 4.90 Å². The second-order valence-electron chi connectivity index (χ2n) is 11.2. The first-order chi connectivity index (χ1) is 20.4. The number of ether oxygens (including phenoxy) is 3. The Morgan fingerprint density at radius 3 is 2.30 bits per heavy atom. The van der Waals surface area contributed by atoms with Crippen LogP contribution in [0.3, 0.4) is 0 Å². The molecule has 0 radical (unpaired) electrons. The van der Waals surface area contributed by atoms with Crippen LogP contribution in [0.15, 0.2) is 39.5 Å². The van der Waals surface area contributed by atoms with Gasteiger partial charge in [0.25, 0.3) is 5.91 Å². The molecule has 12 nitrogen and oxygen atoms in total. The molecule has 0 spiro atoms. The van der Waals surface area contributed by atoms with Crippen molar-refractivity contribution in [1.82, 2.24) is 4.90 Å². The Kier molecular flexibility index (Phi) is 5.22. The summed E-state index contributed by atoms with van der Waals surface area (Å²) in [5.74, 6) is -3.84. The number of phenolic OH excluding ortho intramolecular Hbond substituents is 1. The molecule has 3 heterocycles. The summed E-state index contributed by atoms with van der Waals surface area (Å²) in [6.07, 6.45) is -0.00737. The highest BCUT2D eigenvalue weighted by atomic mass is 16.6. The monoisotopic (exact) mass is 585 g/mol. The first kappa shape index (κ1) is 26.7. The molecular formula is C31H23NO11. The van der Waals surface area contributed by atoms with Gasteiger partial charge >= 0.3 is 5.97 Å². The van der Waals surface area contributed by atoms with Crippen molar-refractivity contribution in [2.24, 2.45) is 0 Å². The zero-order valence-electron chi connectivity index (χ0n) is 23.3.